The van der Waals surface area contributed by atoms with E-state index in [0.29, 0.717) is 0 Å². The maximum Gasteiger partial charge on any atom is 0.261 e. The molecule has 1 amide bonds. The first-order valence-electron chi connectivity index (χ1n) is 8.53. The third kappa shape index (κ3) is 4.25. The summed E-state index contributed by atoms with van der Waals surface area (Å²) in [4.78, 5) is 12.1. The van der Waals surface area contributed by atoms with Crippen LogP contribution in [0.1, 0.15) is 23.9 Å². The van der Waals surface area contributed by atoms with Crippen molar-refractivity contribution in [2.45, 2.75) is 27.3 Å². The lowest BCUT2D eigenvalue weighted by Crippen LogP contribution is -2.25. The smallest absolute Gasteiger partial charge is 0.261 e. The molecule has 1 aromatic heterocycles. The average Bonchev–Trinajstić information content (AvgIpc) is 2.97. The zero-order valence-corrected chi connectivity index (χ0v) is 15.2. The third-order valence-electron chi connectivity index (χ3n) is 4.15. The molecule has 1 heterocycles. The Kier molecular flexibility index (Phi) is 5.27. The van der Waals surface area contributed by atoms with Gasteiger partial charge in [-0.15, -0.1) is 0 Å². The van der Waals surface area contributed by atoms with E-state index >= 15 is 0 Å². The summed E-state index contributed by atoms with van der Waals surface area (Å²) < 4.78 is 1.67. The normalized spacial score (nSPS) is 11.4. The number of hydrazone groups is 1. The Labute approximate surface area is 153 Å². The molecule has 5 heteroatoms. The van der Waals surface area contributed by atoms with Crippen LogP contribution in [0.25, 0.3) is 11.1 Å². The van der Waals surface area contributed by atoms with Crippen LogP contribution < -0.4 is 5.43 Å². The Morgan fingerprint density at radius 3 is 2.31 bits per heavy atom. The van der Waals surface area contributed by atoms with Crippen molar-refractivity contribution in [1.82, 2.24) is 15.2 Å². The number of carbonyl (C=O) groups is 1. The van der Waals surface area contributed by atoms with Crippen molar-refractivity contribution in [3.63, 3.8) is 0 Å². The molecule has 26 heavy (non-hydrogen) atoms. The Hall–Kier alpha value is -3.21. The highest BCUT2D eigenvalue weighted by atomic mass is 16.2. The second-order valence-corrected chi connectivity index (χ2v) is 6.26. The molecule has 0 saturated carbocycles. The monoisotopic (exact) mass is 346 g/mol. The lowest BCUT2D eigenvalue weighted by Gasteiger charge is -2.06. The highest BCUT2D eigenvalue weighted by Gasteiger charge is 2.07. The van der Waals surface area contributed by atoms with Gasteiger partial charge in [-0.3, -0.25) is 9.48 Å². The summed E-state index contributed by atoms with van der Waals surface area (Å²) in [5.41, 5.74) is 8.50. The molecule has 0 saturated heterocycles. The Morgan fingerprint density at radius 2 is 1.69 bits per heavy atom. The fraction of sp³-hybridized carbons (Fsp3) is 0.190. The van der Waals surface area contributed by atoms with Gasteiger partial charge in [0.1, 0.15) is 6.54 Å². The Balaban J connectivity index is 1.64. The van der Waals surface area contributed by atoms with Crippen LogP contribution in [0.3, 0.4) is 0 Å². The molecule has 1 N–H and O–H groups in total. The molecule has 2 aromatic carbocycles. The van der Waals surface area contributed by atoms with E-state index in [1.54, 1.807) is 4.68 Å². The zero-order valence-electron chi connectivity index (χ0n) is 15.2. The molecule has 0 fully saturated rings. The number of aromatic nitrogens is 2. The van der Waals surface area contributed by atoms with E-state index in [1.165, 1.54) is 5.56 Å². The molecule has 0 spiro atoms. The van der Waals surface area contributed by atoms with E-state index in [9.17, 15) is 4.79 Å². The molecule has 3 aromatic rings. The van der Waals surface area contributed by atoms with Gasteiger partial charge in [0, 0.05) is 5.69 Å². The van der Waals surface area contributed by atoms with Gasteiger partial charge in [-0.1, -0.05) is 54.6 Å². The van der Waals surface area contributed by atoms with E-state index < -0.39 is 0 Å². The molecular formula is C21H22N4O. The minimum absolute atomic E-state index is 0.156. The van der Waals surface area contributed by atoms with Crippen LogP contribution in [0.4, 0.5) is 0 Å². The number of benzene rings is 2. The minimum Gasteiger partial charge on any atom is -0.271 e. The number of amides is 1. The van der Waals surface area contributed by atoms with Crippen molar-refractivity contribution in [3.8, 4) is 11.1 Å². The summed E-state index contributed by atoms with van der Waals surface area (Å²) in [6.07, 6.45) is 0. The van der Waals surface area contributed by atoms with Crippen molar-refractivity contribution in [1.29, 1.82) is 0 Å². The molecule has 3 rings (SSSR count). The van der Waals surface area contributed by atoms with Crippen LogP contribution in [0.15, 0.2) is 65.8 Å². The van der Waals surface area contributed by atoms with E-state index in [0.717, 1.165) is 28.2 Å². The van der Waals surface area contributed by atoms with Gasteiger partial charge in [0.15, 0.2) is 0 Å². The molecule has 0 aliphatic carbocycles. The highest BCUT2D eigenvalue weighted by Crippen LogP contribution is 2.19. The van der Waals surface area contributed by atoms with Gasteiger partial charge in [0.2, 0.25) is 0 Å². The van der Waals surface area contributed by atoms with Crippen molar-refractivity contribution in [2.75, 3.05) is 0 Å². The van der Waals surface area contributed by atoms with Gasteiger partial charge in [-0.05, 0) is 43.5 Å². The van der Waals surface area contributed by atoms with Gasteiger partial charge >= 0.3 is 0 Å². The summed E-state index contributed by atoms with van der Waals surface area (Å²) in [5, 5.41) is 8.49. The van der Waals surface area contributed by atoms with Crippen LogP contribution in [-0.2, 0) is 11.3 Å². The largest absolute Gasteiger partial charge is 0.271 e. The number of nitrogens with zero attached hydrogens (tertiary/aromatic N) is 3. The molecule has 5 nitrogen and oxygen atoms in total. The first-order valence-corrected chi connectivity index (χ1v) is 8.53. The number of carbonyl (C=O) groups excluding carboxylic acids is 1. The predicted octanol–water partition coefficient (Wildman–Crippen LogP) is 3.71. The number of aryl methyl sites for hydroxylation is 2. The van der Waals surface area contributed by atoms with Gasteiger partial charge < -0.3 is 0 Å². The fourth-order valence-corrected chi connectivity index (χ4v) is 2.75. The summed E-state index contributed by atoms with van der Waals surface area (Å²) >= 11 is 0. The van der Waals surface area contributed by atoms with Crippen LogP contribution >= 0.6 is 0 Å². The quantitative estimate of drug-likeness (QED) is 0.565. The number of hydrogen-bond acceptors (Lipinski definition) is 3. The van der Waals surface area contributed by atoms with Crippen LogP contribution in [0.5, 0.6) is 0 Å². The van der Waals surface area contributed by atoms with Crippen molar-refractivity contribution in [3.05, 3.63) is 77.6 Å². The lowest BCUT2D eigenvalue weighted by atomic mass is 10.0. The number of rotatable bonds is 5. The first kappa shape index (κ1) is 17.6. The fourth-order valence-electron chi connectivity index (χ4n) is 2.75. The maximum atomic E-state index is 12.1. The van der Waals surface area contributed by atoms with Gasteiger partial charge in [-0.2, -0.15) is 10.2 Å². The molecule has 0 aliphatic heterocycles. The summed E-state index contributed by atoms with van der Waals surface area (Å²) in [5.74, 6) is -0.198. The molecular weight excluding hydrogens is 324 g/mol. The zero-order chi connectivity index (χ0) is 18.5. The van der Waals surface area contributed by atoms with E-state index in [1.807, 2.05) is 57.2 Å². The standard InChI is InChI=1S/C21H22N4O/c1-15-13-16(2)25(24-15)14-21(26)23-22-17(3)18-9-11-20(12-10-18)19-7-5-4-6-8-19/h4-13H,14H2,1-3H3,(H,23,26)/b22-17-. The minimum atomic E-state index is -0.198. The molecule has 0 unspecified atom stereocenters. The Bertz CT molecular complexity index is 924. The third-order valence-corrected chi connectivity index (χ3v) is 4.15. The number of hydrogen-bond donors (Lipinski definition) is 1. The summed E-state index contributed by atoms with van der Waals surface area (Å²) in [6, 6.07) is 20.3. The van der Waals surface area contributed by atoms with Crippen LogP contribution in [0.2, 0.25) is 0 Å². The topological polar surface area (TPSA) is 59.3 Å². The maximum absolute atomic E-state index is 12.1. The molecule has 0 radical (unpaired) electrons. The molecule has 0 bridgehead atoms. The first-order chi connectivity index (χ1) is 12.5. The van der Waals surface area contributed by atoms with Crippen molar-refractivity contribution < 1.29 is 4.79 Å². The molecule has 0 aliphatic rings. The van der Waals surface area contributed by atoms with Gasteiger partial charge in [-0.25, -0.2) is 5.43 Å². The average molecular weight is 346 g/mol. The van der Waals surface area contributed by atoms with Crippen molar-refractivity contribution in [2.24, 2.45) is 5.10 Å². The second kappa shape index (κ2) is 7.78. The van der Waals surface area contributed by atoms with Gasteiger partial charge in [0.05, 0.1) is 11.4 Å². The van der Waals surface area contributed by atoms with E-state index in [-0.39, 0.29) is 12.5 Å². The predicted molar refractivity (Wildman–Crippen MR) is 104 cm³/mol. The molecule has 0 atom stereocenters. The van der Waals surface area contributed by atoms with E-state index in [2.05, 4.69) is 39.9 Å². The van der Waals surface area contributed by atoms with Crippen LogP contribution in [-0.4, -0.2) is 21.4 Å². The van der Waals surface area contributed by atoms with E-state index in [4.69, 9.17) is 0 Å². The SMILES string of the molecule is C/C(=N/NC(=O)Cn1nc(C)cc1C)c1ccc(-c2ccccc2)cc1. The lowest BCUT2D eigenvalue weighted by molar-refractivity contribution is -0.121. The Morgan fingerprint density at radius 1 is 1.04 bits per heavy atom. The highest BCUT2D eigenvalue weighted by molar-refractivity contribution is 5.99. The molecule has 132 valence electrons. The van der Waals surface area contributed by atoms with Crippen LogP contribution in [0, 0.1) is 13.8 Å². The number of nitrogens with one attached hydrogen (secondary N) is 1. The summed E-state index contributed by atoms with van der Waals surface area (Å²) in [7, 11) is 0. The van der Waals surface area contributed by atoms with Gasteiger partial charge in [0.25, 0.3) is 5.91 Å². The summed E-state index contributed by atoms with van der Waals surface area (Å²) in [6.45, 7) is 5.86. The van der Waals surface area contributed by atoms with Crippen molar-refractivity contribution >= 4 is 11.6 Å². The second-order valence-electron chi connectivity index (χ2n) is 6.26.